The molecule has 2 rings (SSSR count). The van der Waals surface area contributed by atoms with Crippen LogP contribution in [-0.2, 0) is 0 Å². The fourth-order valence-corrected chi connectivity index (χ4v) is 3.29. The van der Waals surface area contributed by atoms with Gasteiger partial charge in [-0.2, -0.15) is 0 Å². The van der Waals surface area contributed by atoms with Crippen molar-refractivity contribution in [3.63, 3.8) is 0 Å². The number of hydrogen-bond acceptors (Lipinski definition) is 2. The Labute approximate surface area is 98.4 Å². The largest absolute Gasteiger partial charge is 0.327 e. The van der Waals surface area contributed by atoms with Gasteiger partial charge in [-0.25, -0.2) is 8.78 Å². The van der Waals surface area contributed by atoms with Crippen molar-refractivity contribution in [3.05, 3.63) is 29.8 Å². The van der Waals surface area contributed by atoms with Gasteiger partial charge in [-0.15, -0.1) is 11.8 Å². The van der Waals surface area contributed by atoms with Crippen LogP contribution in [0.2, 0.25) is 0 Å². The smallest absolute Gasteiger partial charge is 0.136 e. The minimum absolute atomic E-state index is 0.0985. The zero-order valence-corrected chi connectivity index (χ0v) is 9.77. The van der Waals surface area contributed by atoms with Crippen LogP contribution >= 0.6 is 11.8 Å². The quantitative estimate of drug-likeness (QED) is 0.862. The van der Waals surface area contributed by atoms with Gasteiger partial charge in [-0.3, -0.25) is 0 Å². The summed E-state index contributed by atoms with van der Waals surface area (Å²) < 4.78 is 26.4. The molecule has 0 aliphatic heterocycles. The Kier molecular flexibility index (Phi) is 3.82. The van der Waals surface area contributed by atoms with Gasteiger partial charge in [0, 0.05) is 16.2 Å². The Bertz CT molecular complexity index is 370. The van der Waals surface area contributed by atoms with Crippen molar-refractivity contribution in [1.82, 2.24) is 0 Å². The summed E-state index contributed by atoms with van der Waals surface area (Å²) in [5.74, 6) is -0.752. The van der Waals surface area contributed by atoms with E-state index >= 15 is 0 Å². The van der Waals surface area contributed by atoms with Crippen LogP contribution in [0, 0.1) is 11.6 Å². The zero-order chi connectivity index (χ0) is 11.5. The molecule has 1 fully saturated rings. The van der Waals surface area contributed by atoms with Gasteiger partial charge in [0.25, 0.3) is 0 Å². The number of thioether (sulfide) groups is 1. The molecule has 4 heteroatoms. The van der Waals surface area contributed by atoms with Crippen LogP contribution in [0.3, 0.4) is 0 Å². The zero-order valence-electron chi connectivity index (χ0n) is 8.96. The van der Waals surface area contributed by atoms with Crippen molar-refractivity contribution in [2.45, 2.75) is 41.9 Å². The number of rotatable bonds is 2. The van der Waals surface area contributed by atoms with Crippen LogP contribution in [0.1, 0.15) is 25.7 Å². The molecular formula is C12H15F2NS. The van der Waals surface area contributed by atoms with Crippen molar-refractivity contribution in [2.24, 2.45) is 5.73 Å². The number of halogens is 2. The number of hydrogen-bond donors (Lipinski definition) is 1. The van der Waals surface area contributed by atoms with Gasteiger partial charge in [0.2, 0.25) is 0 Å². The molecule has 2 N–H and O–H groups in total. The van der Waals surface area contributed by atoms with Crippen molar-refractivity contribution >= 4 is 11.8 Å². The fraction of sp³-hybridized carbons (Fsp3) is 0.500. The lowest BCUT2D eigenvalue weighted by atomic mass is 9.96. The van der Waals surface area contributed by atoms with Crippen LogP contribution < -0.4 is 5.73 Å². The average Bonchev–Trinajstić information content (AvgIpc) is 2.27. The summed E-state index contributed by atoms with van der Waals surface area (Å²) in [4.78, 5) is 0.377. The lowest BCUT2D eigenvalue weighted by Gasteiger charge is -2.28. The second-order valence-corrected chi connectivity index (χ2v) is 5.46. The normalized spacial score (nSPS) is 25.7. The van der Waals surface area contributed by atoms with Crippen LogP contribution in [0.25, 0.3) is 0 Å². The van der Waals surface area contributed by atoms with Gasteiger partial charge in [-0.1, -0.05) is 12.8 Å². The Morgan fingerprint density at radius 3 is 2.69 bits per heavy atom. The van der Waals surface area contributed by atoms with Crippen molar-refractivity contribution in [3.8, 4) is 0 Å². The van der Waals surface area contributed by atoms with Crippen LogP contribution in [0.15, 0.2) is 23.1 Å². The average molecular weight is 243 g/mol. The second-order valence-electron chi connectivity index (χ2n) is 4.18. The van der Waals surface area contributed by atoms with Crippen molar-refractivity contribution in [1.29, 1.82) is 0 Å². The lowest BCUT2D eigenvalue weighted by molar-refractivity contribution is 0.452. The highest BCUT2D eigenvalue weighted by molar-refractivity contribution is 8.00. The molecule has 1 aromatic carbocycles. The van der Waals surface area contributed by atoms with Crippen molar-refractivity contribution in [2.75, 3.05) is 0 Å². The van der Waals surface area contributed by atoms with Crippen molar-refractivity contribution < 1.29 is 8.78 Å². The van der Waals surface area contributed by atoms with E-state index in [2.05, 4.69) is 0 Å². The molecule has 2 unspecified atom stereocenters. The minimum atomic E-state index is -0.395. The summed E-state index contributed by atoms with van der Waals surface area (Å²) in [5, 5.41) is 0.213. The molecule has 0 radical (unpaired) electrons. The van der Waals surface area contributed by atoms with Gasteiger partial charge >= 0.3 is 0 Å². The van der Waals surface area contributed by atoms with Gasteiger partial charge < -0.3 is 5.73 Å². The topological polar surface area (TPSA) is 26.0 Å². The maximum absolute atomic E-state index is 13.4. The van der Waals surface area contributed by atoms with E-state index in [0.29, 0.717) is 4.90 Å². The SMILES string of the molecule is NC1CCCCC1Sc1cc(F)ccc1F. The van der Waals surface area contributed by atoms with Gasteiger partial charge in [-0.05, 0) is 31.0 Å². The van der Waals surface area contributed by atoms with E-state index in [9.17, 15) is 8.78 Å². The molecule has 2 atom stereocenters. The first-order chi connectivity index (χ1) is 7.66. The first-order valence-electron chi connectivity index (χ1n) is 5.54. The molecule has 0 aromatic heterocycles. The lowest BCUT2D eigenvalue weighted by Crippen LogP contribution is -2.35. The van der Waals surface area contributed by atoms with Crippen LogP contribution in [0.4, 0.5) is 8.78 Å². The Hall–Kier alpha value is -0.610. The number of benzene rings is 1. The predicted molar refractivity (Wildman–Crippen MR) is 62.4 cm³/mol. The molecule has 16 heavy (non-hydrogen) atoms. The maximum atomic E-state index is 13.4. The third-order valence-electron chi connectivity index (χ3n) is 2.93. The van der Waals surface area contributed by atoms with E-state index in [1.165, 1.54) is 23.9 Å². The molecule has 1 aromatic rings. The summed E-state index contributed by atoms with van der Waals surface area (Å²) in [6, 6.07) is 3.66. The maximum Gasteiger partial charge on any atom is 0.136 e. The summed E-state index contributed by atoms with van der Waals surface area (Å²) in [6.45, 7) is 0. The molecule has 1 aliphatic carbocycles. The van der Waals surface area contributed by atoms with E-state index < -0.39 is 5.82 Å². The van der Waals surface area contributed by atoms with E-state index in [4.69, 9.17) is 5.73 Å². The molecule has 1 saturated carbocycles. The monoisotopic (exact) mass is 243 g/mol. The second kappa shape index (κ2) is 5.15. The predicted octanol–water partition coefficient (Wildman–Crippen LogP) is 3.33. The van der Waals surface area contributed by atoms with Gasteiger partial charge in [0.05, 0.1) is 0 Å². The van der Waals surface area contributed by atoms with E-state index in [0.717, 1.165) is 31.7 Å². The van der Waals surface area contributed by atoms with E-state index in [-0.39, 0.29) is 17.1 Å². The highest BCUT2D eigenvalue weighted by atomic mass is 32.2. The van der Waals surface area contributed by atoms with E-state index in [1.54, 1.807) is 0 Å². The minimum Gasteiger partial charge on any atom is -0.327 e. The third kappa shape index (κ3) is 2.74. The highest BCUT2D eigenvalue weighted by Crippen LogP contribution is 2.34. The van der Waals surface area contributed by atoms with Gasteiger partial charge in [0.15, 0.2) is 0 Å². The first-order valence-corrected chi connectivity index (χ1v) is 6.42. The molecule has 1 aliphatic rings. The molecule has 0 bridgehead atoms. The Balaban J connectivity index is 2.10. The number of nitrogens with two attached hydrogens (primary N) is 1. The van der Waals surface area contributed by atoms with E-state index in [1.807, 2.05) is 0 Å². The first kappa shape index (κ1) is 11.9. The molecule has 0 heterocycles. The Morgan fingerprint density at radius 2 is 1.94 bits per heavy atom. The molecule has 0 amide bonds. The summed E-state index contributed by atoms with van der Waals surface area (Å²) >= 11 is 1.37. The van der Waals surface area contributed by atoms with Crippen LogP contribution in [0.5, 0.6) is 0 Å². The summed E-state index contributed by atoms with van der Waals surface area (Å²) in [6.07, 6.45) is 4.24. The fourth-order valence-electron chi connectivity index (χ4n) is 2.00. The summed E-state index contributed by atoms with van der Waals surface area (Å²) in [5.41, 5.74) is 5.98. The Morgan fingerprint density at radius 1 is 1.19 bits per heavy atom. The molecule has 88 valence electrons. The van der Waals surface area contributed by atoms with Crippen LogP contribution in [-0.4, -0.2) is 11.3 Å². The molecule has 1 nitrogen and oxygen atoms in total. The third-order valence-corrected chi connectivity index (χ3v) is 4.38. The molecule has 0 spiro atoms. The molecular weight excluding hydrogens is 228 g/mol. The highest BCUT2D eigenvalue weighted by Gasteiger charge is 2.23. The standard InChI is InChI=1S/C12H15F2NS/c13-8-5-6-9(14)12(7-8)16-11-4-2-1-3-10(11)15/h5-7,10-11H,1-4,15H2. The summed E-state index contributed by atoms with van der Waals surface area (Å²) in [7, 11) is 0. The van der Waals surface area contributed by atoms with Gasteiger partial charge in [0.1, 0.15) is 11.6 Å². The molecule has 0 saturated heterocycles.